The summed E-state index contributed by atoms with van der Waals surface area (Å²) < 4.78 is 7.79. The highest BCUT2D eigenvalue weighted by Gasteiger charge is 2.10. The number of hydrogen-bond donors (Lipinski definition) is 1. The number of amides is 1. The van der Waals surface area contributed by atoms with E-state index in [-0.39, 0.29) is 12.5 Å². The Balaban J connectivity index is 1.62. The number of benzene rings is 1. The number of aromatic nitrogens is 2. The number of carbonyl (C=O) groups excluding carboxylic acids is 1. The molecule has 0 bridgehead atoms. The van der Waals surface area contributed by atoms with Crippen molar-refractivity contribution in [2.24, 2.45) is 0 Å². The first kappa shape index (κ1) is 20.6. The van der Waals surface area contributed by atoms with Gasteiger partial charge in [0, 0.05) is 24.6 Å². The van der Waals surface area contributed by atoms with Crippen LogP contribution in [0.25, 0.3) is 5.69 Å². The van der Waals surface area contributed by atoms with Gasteiger partial charge in [-0.25, -0.2) is 0 Å². The van der Waals surface area contributed by atoms with E-state index in [1.807, 2.05) is 6.92 Å². The summed E-state index contributed by atoms with van der Waals surface area (Å²) in [6, 6.07) is 6.91. The fourth-order valence-corrected chi connectivity index (χ4v) is 3.41. The molecule has 0 spiro atoms. The minimum atomic E-state index is -0.730. The molecule has 0 radical (unpaired) electrons. The highest BCUT2D eigenvalue weighted by atomic mass is 16.5. The van der Waals surface area contributed by atoms with Gasteiger partial charge in [0.25, 0.3) is 0 Å². The van der Waals surface area contributed by atoms with Gasteiger partial charge in [0.05, 0.1) is 6.61 Å². The summed E-state index contributed by atoms with van der Waals surface area (Å²) in [6.45, 7) is 2.82. The predicted molar refractivity (Wildman–Crippen MR) is 112 cm³/mol. The normalized spacial score (nSPS) is 13.6. The Morgan fingerprint density at radius 2 is 1.90 bits per heavy atom. The zero-order valence-corrected chi connectivity index (χ0v) is 16.7. The molecule has 1 amide bonds. The Kier molecular flexibility index (Phi) is 7.05. The Morgan fingerprint density at radius 3 is 2.59 bits per heavy atom. The first-order valence-corrected chi connectivity index (χ1v) is 10.1. The maximum Gasteiger partial charge on any atom is 0.320 e. The van der Waals surface area contributed by atoms with Crippen LogP contribution in [0.2, 0.25) is 0 Å². The molecule has 3 rings (SSSR count). The number of nitrogens with one attached hydrogen (secondary N) is 1. The monoisotopic (exact) mass is 397 g/mol. The van der Waals surface area contributed by atoms with Gasteiger partial charge in [0.1, 0.15) is 12.3 Å². The van der Waals surface area contributed by atoms with Crippen molar-refractivity contribution >= 4 is 5.91 Å². The topological polar surface area (TPSA) is 82.3 Å². The molecular weight excluding hydrogens is 370 g/mol. The van der Waals surface area contributed by atoms with Crippen molar-refractivity contribution in [2.45, 2.75) is 45.6 Å². The number of carbonyl (C=O) groups is 1. The maximum atomic E-state index is 12.5. The van der Waals surface area contributed by atoms with Gasteiger partial charge in [-0.3, -0.25) is 23.5 Å². The van der Waals surface area contributed by atoms with Crippen molar-refractivity contribution in [2.75, 3.05) is 13.2 Å². The van der Waals surface area contributed by atoms with Gasteiger partial charge in [-0.1, -0.05) is 11.6 Å². The summed E-state index contributed by atoms with van der Waals surface area (Å²) >= 11 is 0. The van der Waals surface area contributed by atoms with Crippen LogP contribution in [0.4, 0.5) is 0 Å². The Bertz CT molecular complexity index is 986. The van der Waals surface area contributed by atoms with Crippen LogP contribution in [0, 0.1) is 0 Å². The molecule has 0 unspecified atom stereocenters. The van der Waals surface area contributed by atoms with Gasteiger partial charge in [0.15, 0.2) is 0 Å². The lowest BCUT2D eigenvalue weighted by Gasteiger charge is -2.13. The molecule has 7 nitrogen and oxygen atoms in total. The molecule has 1 aliphatic carbocycles. The summed E-state index contributed by atoms with van der Waals surface area (Å²) in [5, 5.41) is 2.83. The van der Waals surface area contributed by atoms with Crippen LogP contribution in [0.5, 0.6) is 5.75 Å². The second kappa shape index (κ2) is 9.91. The van der Waals surface area contributed by atoms with Gasteiger partial charge < -0.3 is 10.1 Å². The van der Waals surface area contributed by atoms with Crippen LogP contribution in [0.3, 0.4) is 0 Å². The van der Waals surface area contributed by atoms with Gasteiger partial charge in [-0.15, -0.1) is 0 Å². The number of hydrogen-bond acceptors (Lipinski definition) is 4. The maximum absolute atomic E-state index is 12.5. The van der Waals surface area contributed by atoms with Crippen LogP contribution >= 0.6 is 0 Å². The van der Waals surface area contributed by atoms with Crippen LogP contribution in [-0.2, 0) is 11.3 Å². The number of nitrogens with zero attached hydrogens (tertiary/aromatic N) is 2. The largest absolute Gasteiger partial charge is 0.494 e. The molecule has 0 saturated heterocycles. The van der Waals surface area contributed by atoms with Crippen molar-refractivity contribution in [3.63, 3.8) is 0 Å². The third-order valence-electron chi connectivity index (χ3n) is 4.95. The molecule has 0 fully saturated rings. The summed E-state index contributed by atoms with van der Waals surface area (Å²) in [5.74, 6) is 0.417. The number of ether oxygens (including phenoxy) is 1. The molecule has 1 aliphatic rings. The van der Waals surface area contributed by atoms with Crippen molar-refractivity contribution in [3.05, 3.63) is 69.0 Å². The van der Waals surface area contributed by atoms with E-state index < -0.39 is 11.1 Å². The zero-order chi connectivity index (χ0) is 20.6. The van der Waals surface area contributed by atoms with Crippen LogP contribution in [-0.4, -0.2) is 28.2 Å². The molecule has 0 atom stereocenters. The fourth-order valence-electron chi connectivity index (χ4n) is 3.41. The molecule has 1 heterocycles. The second-order valence-corrected chi connectivity index (χ2v) is 7.04. The van der Waals surface area contributed by atoms with E-state index in [1.54, 1.807) is 24.3 Å². The minimum absolute atomic E-state index is 0.169. The molecule has 7 heteroatoms. The van der Waals surface area contributed by atoms with Crippen molar-refractivity contribution in [3.8, 4) is 11.4 Å². The molecule has 154 valence electrons. The molecule has 0 aliphatic heterocycles. The summed E-state index contributed by atoms with van der Waals surface area (Å²) in [7, 11) is 0. The first-order chi connectivity index (χ1) is 14.1. The van der Waals surface area contributed by atoms with E-state index in [4.69, 9.17) is 4.74 Å². The number of allylic oxidation sites excluding steroid dienone is 1. The lowest BCUT2D eigenvalue weighted by molar-refractivity contribution is -0.121. The molecule has 2 aromatic rings. The summed E-state index contributed by atoms with van der Waals surface area (Å²) in [6.07, 6.45) is 10.7. The zero-order valence-electron chi connectivity index (χ0n) is 16.7. The lowest BCUT2D eigenvalue weighted by Crippen LogP contribution is -2.42. The van der Waals surface area contributed by atoms with Gasteiger partial charge >= 0.3 is 11.1 Å². The smallest absolute Gasteiger partial charge is 0.320 e. The van der Waals surface area contributed by atoms with Gasteiger partial charge in [-0.2, -0.15) is 0 Å². The number of rotatable bonds is 8. The predicted octanol–water partition coefficient (Wildman–Crippen LogP) is 2.40. The van der Waals surface area contributed by atoms with E-state index >= 15 is 0 Å². The highest BCUT2D eigenvalue weighted by molar-refractivity contribution is 5.75. The molecule has 1 aromatic carbocycles. The highest BCUT2D eigenvalue weighted by Crippen LogP contribution is 2.19. The minimum Gasteiger partial charge on any atom is -0.494 e. The van der Waals surface area contributed by atoms with Crippen molar-refractivity contribution < 1.29 is 9.53 Å². The van der Waals surface area contributed by atoms with Crippen LogP contribution in [0.1, 0.15) is 39.0 Å². The lowest BCUT2D eigenvalue weighted by atomic mass is 9.97. The SMILES string of the molecule is CCOc1ccc(-n2ccn(CC(=O)NCCC3=CCCCC3)c(=O)c2=O)cc1. The average Bonchev–Trinajstić information content (AvgIpc) is 2.73. The van der Waals surface area contributed by atoms with E-state index in [2.05, 4.69) is 11.4 Å². The summed E-state index contributed by atoms with van der Waals surface area (Å²) in [4.78, 5) is 37.0. The first-order valence-electron chi connectivity index (χ1n) is 10.1. The van der Waals surface area contributed by atoms with E-state index in [0.717, 1.165) is 23.8 Å². The Morgan fingerprint density at radius 1 is 1.10 bits per heavy atom. The molecular formula is C22H27N3O4. The fraction of sp³-hybridized carbons (Fsp3) is 0.409. The third-order valence-corrected chi connectivity index (χ3v) is 4.95. The molecule has 1 N–H and O–H groups in total. The molecule has 0 saturated carbocycles. The standard InChI is InChI=1S/C22H27N3O4/c1-2-29-19-10-8-18(9-11-19)25-15-14-24(21(27)22(25)28)16-20(26)23-13-12-17-6-4-3-5-7-17/h6,8-11,14-15H,2-5,7,12-13,16H2,1H3,(H,23,26). The van der Waals surface area contributed by atoms with Gasteiger partial charge in [0.2, 0.25) is 5.91 Å². The van der Waals surface area contributed by atoms with Crippen molar-refractivity contribution in [1.82, 2.24) is 14.5 Å². The van der Waals surface area contributed by atoms with E-state index in [1.165, 1.54) is 35.4 Å². The van der Waals surface area contributed by atoms with Crippen molar-refractivity contribution in [1.29, 1.82) is 0 Å². The summed E-state index contributed by atoms with van der Waals surface area (Å²) in [5.41, 5.74) is 0.517. The van der Waals surface area contributed by atoms with Crippen LogP contribution in [0.15, 0.2) is 57.9 Å². The van der Waals surface area contributed by atoms with E-state index in [9.17, 15) is 14.4 Å². The molecule has 29 heavy (non-hydrogen) atoms. The Labute approximate surface area is 169 Å². The van der Waals surface area contributed by atoms with Gasteiger partial charge in [-0.05, 0) is 63.3 Å². The van der Waals surface area contributed by atoms with E-state index in [0.29, 0.717) is 24.6 Å². The molecule has 1 aromatic heterocycles. The average molecular weight is 397 g/mol. The second-order valence-electron chi connectivity index (χ2n) is 7.04. The Hall–Kier alpha value is -3.09. The van der Waals surface area contributed by atoms with Crippen LogP contribution < -0.4 is 21.2 Å². The third kappa shape index (κ3) is 5.47. The quantitative estimate of drug-likeness (QED) is 0.548.